The Morgan fingerprint density at radius 1 is 1.25 bits per heavy atom. The van der Waals surface area contributed by atoms with Crippen LogP contribution in [0.5, 0.6) is 0 Å². The van der Waals surface area contributed by atoms with Crippen molar-refractivity contribution in [3.63, 3.8) is 0 Å². The first-order valence-corrected chi connectivity index (χ1v) is 7.77. The van der Waals surface area contributed by atoms with Crippen molar-refractivity contribution in [1.29, 1.82) is 0 Å². The molecule has 0 heterocycles. The van der Waals surface area contributed by atoms with E-state index in [0.717, 1.165) is 12.1 Å². The van der Waals surface area contributed by atoms with Gasteiger partial charge in [-0.3, -0.25) is 0 Å². The first-order chi connectivity index (χ1) is 9.01. The van der Waals surface area contributed by atoms with Gasteiger partial charge in [-0.2, -0.15) is 0 Å². The summed E-state index contributed by atoms with van der Waals surface area (Å²) < 4.78 is 49.7. The Morgan fingerprint density at radius 2 is 1.85 bits per heavy atom. The minimum atomic E-state index is -3.86. The Morgan fingerprint density at radius 3 is 2.35 bits per heavy atom. The Labute approximate surface area is 117 Å². The van der Waals surface area contributed by atoms with Crippen molar-refractivity contribution in [3.8, 4) is 0 Å². The maximum absolute atomic E-state index is 13.0. The fourth-order valence-corrected chi connectivity index (χ4v) is 2.88. The van der Waals surface area contributed by atoms with Crippen molar-refractivity contribution >= 4 is 9.84 Å². The van der Waals surface area contributed by atoms with Gasteiger partial charge < -0.3 is 10.4 Å². The molecule has 1 aromatic rings. The molecule has 0 aliphatic heterocycles. The summed E-state index contributed by atoms with van der Waals surface area (Å²) in [5, 5.41) is 12.7. The molecule has 4 nitrogen and oxygen atoms in total. The molecular weight excluding hydrogens is 288 g/mol. The first-order valence-electron chi connectivity index (χ1n) is 6.12. The third-order valence-corrected chi connectivity index (χ3v) is 4.33. The van der Waals surface area contributed by atoms with Crippen LogP contribution < -0.4 is 5.32 Å². The van der Waals surface area contributed by atoms with E-state index in [9.17, 15) is 22.3 Å². The van der Waals surface area contributed by atoms with E-state index in [1.54, 1.807) is 0 Å². The molecule has 7 heteroatoms. The van der Waals surface area contributed by atoms with E-state index < -0.39 is 33.3 Å². The molecule has 0 fully saturated rings. The molecule has 0 spiro atoms. The second-order valence-electron chi connectivity index (χ2n) is 5.64. The van der Waals surface area contributed by atoms with Crippen LogP contribution in [0.4, 0.5) is 8.78 Å². The summed E-state index contributed by atoms with van der Waals surface area (Å²) in [6, 6.07) is 2.36. The number of β-amino-alcohol motifs (C(OH)–C–C–N with tert-alkyl or cyclic N) is 1. The monoisotopic (exact) mass is 307 g/mol. The summed E-state index contributed by atoms with van der Waals surface area (Å²) in [4.78, 5) is -0.341. The van der Waals surface area contributed by atoms with Gasteiger partial charge >= 0.3 is 0 Å². The first kappa shape index (κ1) is 17.0. The Balaban J connectivity index is 2.76. The number of hydrogen-bond acceptors (Lipinski definition) is 4. The van der Waals surface area contributed by atoms with Gasteiger partial charge in [0.25, 0.3) is 0 Å². The van der Waals surface area contributed by atoms with E-state index in [0.29, 0.717) is 6.07 Å². The van der Waals surface area contributed by atoms with Crippen LogP contribution in [0.3, 0.4) is 0 Å². The molecule has 1 rings (SSSR count). The third kappa shape index (κ3) is 5.15. The standard InChI is InChI=1S/C13H19F2NO3S/c1-13(2,3)16-7-9(17)8-20(18,19)10-4-5-11(14)12(15)6-10/h4-6,9,16-17H,7-8H2,1-3H3. The molecule has 1 atom stereocenters. The lowest BCUT2D eigenvalue weighted by Gasteiger charge is -2.22. The number of halogens is 2. The molecule has 0 amide bonds. The topological polar surface area (TPSA) is 66.4 Å². The van der Waals surface area contributed by atoms with Crippen molar-refractivity contribution in [2.45, 2.75) is 37.3 Å². The van der Waals surface area contributed by atoms with Crippen molar-refractivity contribution in [3.05, 3.63) is 29.8 Å². The molecule has 0 bridgehead atoms. The highest BCUT2D eigenvalue weighted by Crippen LogP contribution is 2.16. The van der Waals surface area contributed by atoms with Gasteiger partial charge in [0.05, 0.1) is 16.8 Å². The highest BCUT2D eigenvalue weighted by molar-refractivity contribution is 7.91. The zero-order valence-electron chi connectivity index (χ0n) is 11.7. The molecule has 0 aliphatic rings. The molecule has 0 aromatic heterocycles. The molecule has 114 valence electrons. The lowest BCUT2D eigenvalue weighted by atomic mass is 10.1. The maximum atomic E-state index is 13.0. The summed E-state index contributed by atoms with van der Waals surface area (Å²) in [6.07, 6.45) is -1.13. The maximum Gasteiger partial charge on any atom is 0.181 e. The van der Waals surface area contributed by atoms with E-state index in [2.05, 4.69) is 5.32 Å². The Bertz CT molecular complexity index is 567. The summed E-state index contributed by atoms with van der Waals surface area (Å²) in [7, 11) is -3.86. The van der Waals surface area contributed by atoms with Gasteiger partial charge in [-0.25, -0.2) is 17.2 Å². The number of hydrogen-bond donors (Lipinski definition) is 2. The van der Waals surface area contributed by atoms with Gasteiger partial charge in [0.1, 0.15) is 0 Å². The van der Waals surface area contributed by atoms with Gasteiger partial charge in [-0.15, -0.1) is 0 Å². The molecule has 0 saturated heterocycles. The van der Waals surface area contributed by atoms with Crippen LogP contribution in [-0.4, -0.2) is 37.5 Å². The summed E-state index contributed by atoms with van der Waals surface area (Å²) >= 11 is 0. The lowest BCUT2D eigenvalue weighted by Crippen LogP contribution is -2.42. The molecule has 20 heavy (non-hydrogen) atoms. The van der Waals surface area contributed by atoms with Crippen molar-refractivity contribution < 1.29 is 22.3 Å². The van der Waals surface area contributed by atoms with Crippen LogP contribution in [0.2, 0.25) is 0 Å². The van der Waals surface area contributed by atoms with Crippen LogP contribution in [0.25, 0.3) is 0 Å². The third-order valence-electron chi connectivity index (χ3n) is 2.53. The van der Waals surface area contributed by atoms with Crippen LogP contribution in [0.1, 0.15) is 20.8 Å². The highest BCUT2D eigenvalue weighted by atomic mass is 32.2. The van der Waals surface area contributed by atoms with E-state index in [1.807, 2.05) is 20.8 Å². The zero-order valence-corrected chi connectivity index (χ0v) is 12.5. The average Bonchev–Trinajstić information content (AvgIpc) is 2.28. The van der Waals surface area contributed by atoms with Crippen LogP contribution in [-0.2, 0) is 9.84 Å². The van der Waals surface area contributed by atoms with E-state index in [4.69, 9.17) is 0 Å². The molecule has 0 saturated carbocycles. The van der Waals surface area contributed by atoms with Crippen molar-refractivity contribution in [1.82, 2.24) is 5.32 Å². The smallest absolute Gasteiger partial charge is 0.181 e. The minimum Gasteiger partial charge on any atom is -0.391 e. The predicted molar refractivity (Wildman–Crippen MR) is 72.2 cm³/mol. The number of aliphatic hydroxyl groups is 1. The number of benzene rings is 1. The SMILES string of the molecule is CC(C)(C)NCC(O)CS(=O)(=O)c1ccc(F)c(F)c1. The number of rotatable bonds is 5. The van der Waals surface area contributed by atoms with Crippen LogP contribution in [0, 0.1) is 11.6 Å². The average molecular weight is 307 g/mol. The lowest BCUT2D eigenvalue weighted by molar-refractivity contribution is 0.181. The molecule has 0 radical (unpaired) electrons. The highest BCUT2D eigenvalue weighted by Gasteiger charge is 2.22. The van der Waals surface area contributed by atoms with E-state index in [1.165, 1.54) is 0 Å². The van der Waals surface area contributed by atoms with Gasteiger partial charge in [-0.05, 0) is 39.0 Å². The molecule has 1 unspecified atom stereocenters. The van der Waals surface area contributed by atoms with Gasteiger partial charge in [0, 0.05) is 12.1 Å². The van der Waals surface area contributed by atoms with E-state index >= 15 is 0 Å². The fraction of sp³-hybridized carbons (Fsp3) is 0.538. The van der Waals surface area contributed by atoms with Gasteiger partial charge in [0.2, 0.25) is 0 Å². The molecule has 1 aromatic carbocycles. The second kappa shape index (κ2) is 6.15. The van der Waals surface area contributed by atoms with Gasteiger partial charge in [-0.1, -0.05) is 0 Å². The molecule has 2 N–H and O–H groups in total. The summed E-state index contributed by atoms with van der Waals surface area (Å²) in [5.74, 6) is -2.89. The zero-order chi connectivity index (χ0) is 15.6. The predicted octanol–water partition coefficient (Wildman–Crippen LogP) is 1.49. The minimum absolute atomic E-state index is 0.0897. The number of nitrogens with one attached hydrogen (secondary N) is 1. The van der Waals surface area contributed by atoms with E-state index in [-0.39, 0.29) is 17.0 Å². The van der Waals surface area contributed by atoms with Gasteiger partial charge in [0.15, 0.2) is 21.5 Å². The molecular formula is C13H19F2NO3S. The summed E-state index contributed by atoms with van der Waals surface area (Å²) in [6.45, 7) is 5.73. The molecule has 0 aliphatic carbocycles. The largest absolute Gasteiger partial charge is 0.391 e. The second-order valence-corrected chi connectivity index (χ2v) is 7.68. The fourth-order valence-electron chi connectivity index (χ4n) is 1.50. The Hall–Kier alpha value is -1.05. The van der Waals surface area contributed by atoms with Crippen LogP contribution >= 0.6 is 0 Å². The quantitative estimate of drug-likeness (QED) is 0.809. The van der Waals surface area contributed by atoms with Crippen LogP contribution in [0.15, 0.2) is 23.1 Å². The number of aliphatic hydroxyl groups excluding tert-OH is 1. The number of sulfone groups is 1. The summed E-state index contributed by atoms with van der Waals surface area (Å²) in [5.41, 5.74) is -0.257. The Kier molecular flexibility index (Phi) is 5.23. The normalized spacial score (nSPS) is 14.3. The van der Waals surface area contributed by atoms with Crippen molar-refractivity contribution in [2.75, 3.05) is 12.3 Å². The van der Waals surface area contributed by atoms with Crippen molar-refractivity contribution in [2.24, 2.45) is 0 Å².